The van der Waals surface area contributed by atoms with E-state index in [1.165, 1.54) is 16.6 Å². The van der Waals surface area contributed by atoms with E-state index in [0.717, 1.165) is 0 Å². The molecule has 1 aliphatic heterocycles. The highest BCUT2D eigenvalue weighted by Gasteiger charge is 2.28. The number of nitrogens with two attached hydrogens (primary N) is 1. The first kappa shape index (κ1) is 19.1. The van der Waals surface area contributed by atoms with Gasteiger partial charge in [-0.25, -0.2) is 8.42 Å². The fourth-order valence-electron chi connectivity index (χ4n) is 2.76. The van der Waals surface area contributed by atoms with Gasteiger partial charge in [-0.1, -0.05) is 30.3 Å². The molecule has 4 N–H and O–H groups in total. The van der Waals surface area contributed by atoms with Crippen LogP contribution in [0, 0.1) is 0 Å². The molecule has 0 radical (unpaired) electrons. The number of rotatable bonds is 6. The molecule has 1 aromatic heterocycles. The summed E-state index contributed by atoms with van der Waals surface area (Å²) in [5.41, 5.74) is 5.94. The summed E-state index contributed by atoms with van der Waals surface area (Å²) in [7, 11) is -3.72. The summed E-state index contributed by atoms with van der Waals surface area (Å²) in [5, 5.41) is 2.52. The fourth-order valence-corrected chi connectivity index (χ4v) is 4.17. The Morgan fingerprint density at radius 2 is 1.85 bits per heavy atom. The molecular weight excluding hydrogens is 372 g/mol. The number of H-pyrrole nitrogens is 1. The number of aromatic nitrogens is 1. The highest BCUT2D eigenvalue weighted by molar-refractivity contribution is 7.89. The molecule has 2 aromatic rings. The zero-order valence-electron chi connectivity index (χ0n) is 14.4. The lowest BCUT2D eigenvalue weighted by molar-refractivity contribution is -0.120. The summed E-state index contributed by atoms with van der Waals surface area (Å²) in [6, 6.07) is 8.76. The molecule has 9 nitrogen and oxygen atoms in total. The molecule has 1 unspecified atom stereocenters. The Morgan fingerprint density at radius 1 is 1.19 bits per heavy atom. The van der Waals surface area contributed by atoms with Crippen molar-refractivity contribution in [1.29, 1.82) is 0 Å². The molecule has 0 saturated carbocycles. The maximum Gasteiger partial charge on any atom is 0.268 e. The van der Waals surface area contributed by atoms with Crippen LogP contribution < -0.4 is 11.1 Å². The van der Waals surface area contributed by atoms with E-state index < -0.39 is 27.9 Å². The molecule has 1 atom stereocenters. The van der Waals surface area contributed by atoms with Crippen LogP contribution in [0.4, 0.5) is 0 Å². The maximum atomic E-state index is 12.6. The first-order valence-electron chi connectivity index (χ1n) is 8.31. The van der Waals surface area contributed by atoms with Gasteiger partial charge in [0.25, 0.3) is 5.91 Å². The van der Waals surface area contributed by atoms with E-state index >= 15 is 0 Å². The molecule has 0 bridgehead atoms. The van der Waals surface area contributed by atoms with Gasteiger partial charge in [-0.15, -0.1) is 0 Å². The first-order chi connectivity index (χ1) is 12.9. The smallest absolute Gasteiger partial charge is 0.268 e. The Morgan fingerprint density at radius 3 is 2.48 bits per heavy atom. The van der Waals surface area contributed by atoms with Crippen molar-refractivity contribution in [1.82, 2.24) is 14.6 Å². The van der Waals surface area contributed by atoms with Crippen LogP contribution in [-0.2, 0) is 19.6 Å². The third kappa shape index (κ3) is 4.18. The topological polar surface area (TPSA) is 135 Å². The van der Waals surface area contributed by atoms with E-state index in [-0.39, 0.29) is 23.7 Å². The molecule has 2 heterocycles. The lowest BCUT2D eigenvalue weighted by Crippen LogP contribution is -2.40. The zero-order valence-corrected chi connectivity index (χ0v) is 15.2. The van der Waals surface area contributed by atoms with Gasteiger partial charge in [-0.2, -0.15) is 4.31 Å². The molecule has 1 fully saturated rings. The largest absolute Gasteiger partial charge is 0.379 e. The van der Waals surface area contributed by atoms with Crippen LogP contribution in [0.25, 0.3) is 0 Å². The number of nitrogens with zero attached hydrogens (tertiary/aromatic N) is 1. The minimum atomic E-state index is -3.72. The van der Waals surface area contributed by atoms with Crippen molar-refractivity contribution in [2.24, 2.45) is 5.73 Å². The lowest BCUT2D eigenvalue weighted by Gasteiger charge is -2.25. The molecule has 1 aliphatic rings. The summed E-state index contributed by atoms with van der Waals surface area (Å²) in [4.78, 5) is 26.8. The SMILES string of the molecule is NC(=O)C(NC(=O)c1cc(S(=O)(=O)N2CCOCC2)c[nH]1)c1ccccc1. The van der Waals surface area contributed by atoms with Gasteiger partial charge in [0.15, 0.2) is 0 Å². The quantitative estimate of drug-likeness (QED) is 0.636. The number of benzene rings is 1. The van der Waals surface area contributed by atoms with E-state index in [9.17, 15) is 18.0 Å². The zero-order chi connectivity index (χ0) is 19.4. The second-order valence-corrected chi connectivity index (χ2v) is 7.92. The number of nitrogens with one attached hydrogen (secondary N) is 2. The molecule has 0 spiro atoms. The molecular formula is C17H20N4O5S. The van der Waals surface area contributed by atoms with Gasteiger partial charge in [-0.05, 0) is 11.6 Å². The third-order valence-electron chi connectivity index (χ3n) is 4.20. The van der Waals surface area contributed by atoms with Crippen LogP contribution in [0.15, 0.2) is 47.5 Å². The predicted molar refractivity (Wildman–Crippen MR) is 96.2 cm³/mol. The number of morpholine rings is 1. The number of aromatic amines is 1. The Kier molecular flexibility index (Phi) is 5.59. The van der Waals surface area contributed by atoms with Crippen molar-refractivity contribution in [3.63, 3.8) is 0 Å². The van der Waals surface area contributed by atoms with Crippen molar-refractivity contribution < 1.29 is 22.7 Å². The molecule has 0 aliphatic carbocycles. The summed E-state index contributed by atoms with van der Waals surface area (Å²) in [6.07, 6.45) is 1.25. The number of sulfonamides is 1. The first-order valence-corrected chi connectivity index (χ1v) is 9.75. The Balaban J connectivity index is 1.77. The van der Waals surface area contributed by atoms with Crippen molar-refractivity contribution in [2.45, 2.75) is 10.9 Å². The van der Waals surface area contributed by atoms with Gasteiger partial charge < -0.3 is 20.8 Å². The van der Waals surface area contributed by atoms with Crippen molar-refractivity contribution >= 4 is 21.8 Å². The number of hydrogen-bond donors (Lipinski definition) is 3. The maximum absolute atomic E-state index is 12.6. The molecule has 10 heteroatoms. The highest BCUT2D eigenvalue weighted by atomic mass is 32.2. The summed E-state index contributed by atoms with van der Waals surface area (Å²) in [6.45, 7) is 1.17. The average molecular weight is 392 g/mol. The lowest BCUT2D eigenvalue weighted by atomic mass is 10.1. The van der Waals surface area contributed by atoms with Crippen LogP contribution in [0.3, 0.4) is 0 Å². The van der Waals surface area contributed by atoms with Gasteiger partial charge in [0.1, 0.15) is 16.6 Å². The second-order valence-electron chi connectivity index (χ2n) is 5.99. The number of amides is 2. The Labute approximate surface area is 156 Å². The summed E-state index contributed by atoms with van der Waals surface area (Å²) >= 11 is 0. The number of primary amides is 1. The average Bonchev–Trinajstić information content (AvgIpc) is 3.18. The molecule has 1 saturated heterocycles. The monoisotopic (exact) mass is 392 g/mol. The van der Waals surface area contributed by atoms with E-state index in [0.29, 0.717) is 18.8 Å². The van der Waals surface area contributed by atoms with Crippen LogP contribution in [0.1, 0.15) is 22.1 Å². The van der Waals surface area contributed by atoms with Gasteiger partial charge in [0, 0.05) is 19.3 Å². The minimum absolute atomic E-state index is 0.0176. The minimum Gasteiger partial charge on any atom is -0.379 e. The molecule has 1 aromatic carbocycles. The molecule has 2 amide bonds. The number of ether oxygens (including phenoxy) is 1. The predicted octanol–water partition coefficient (Wildman–Crippen LogP) is -0.00800. The second kappa shape index (κ2) is 7.91. The van der Waals surface area contributed by atoms with E-state index in [1.807, 2.05) is 0 Å². The number of carbonyl (C=O) groups excluding carboxylic acids is 2. The Hall–Kier alpha value is -2.69. The Bertz CT molecular complexity index is 920. The highest BCUT2D eigenvalue weighted by Crippen LogP contribution is 2.19. The van der Waals surface area contributed by atoms with Crippen LogP contribution in [0.2, 0.25) is 0 Å². The molecule has 3 rings (SSSR count). The summed E-state index contributed by atoms with van der Waals surface area (Å²) < 4.78 is 31.7. The normalized spacial score (nSPS) is 16.6. The van der Waals surface area contributed by atoms with E-state index in [2.05, 4.69) is 10.3 Å². The standard InChI is InChI=1S/C17H20N4O5S/c18-16(22)15(12-4-2-1-3-5-12)20-17(23)14-10-13(11-19-14)27(24,25)21-6-8-26-9-7-21/h1-5,10-11,15,19H,6-9H2,(H2,18,22)(H,20,23). The van der Waals surface area contributed by atoms with Crippen molar-refractivity contribution in [2.75, 3.05) is 26.3 Å². The fraction of sp³-hybridized carbons (Fsp3) is 0.294. The van der Waals surface area contributed by atoms with E-state index in [4.69, 9.17) is 10.5 Å². The van der Waals surface area contributed by atoms with Crippen molar-refractivity contribution in [3.8, 4) is 0 Å². The van der Waals surface area contributed by atoms with Gasteiger partial charge in [0.2, 0.25) is 15.9 Å². The van der Waals surface area contributed by atoms with Crippen LogP contribution in [0.5, 0.6) is 0 Å². The van der Waals surface area contributed by atoms with Gasteiger partial charge >= 0.3 is 0 Å². The molecule has 27 heavy (non-hydrogen) atoms. The third-order valence-corrected chi connectivity index (χ3v) is 6.08. The summed E-state index contributed by atoms with van der Waals surface area (Å²) in [5.74, 6) is -1.35. The number of hydrogen-bond acceptors (Lipinski definition) is 5. The molecule has 144 valence electrons. The van der Waals surface area contributed by atoms with E-state index in [1.54, 1.807) is 30.3 Å². The van der Waals surface area contributed by atoms with Gasteiger partial charge in [-0.3, -0.25) is 9.59 Å². The number of carbonyl (C=O) groups is 2. The van der Waals surface area contributed by atoms with Crippen LogP contribution in [-0.4, -0.2) is 55.8 Å². The van der Waals surface area contributed by atoms with Crippen molar-refractivity contribution in [3.05, 3.63) is 53.9 Å². The van der Waals surface area contributed by atoms with Crippen LogP contribution >= 0.6 is 0 Å². The van der Waals surface area contributed by atoms with Gasteiger partial charge in [0.05, 0.1) is 13.2 Å².